The van der Waals surface area contributed by atoms with Crippen molar-refractivity contribution in [2.75, 3.05) is 32.8 Å². The number of ether oxygens (including phenoxy) is 1. The number of carbonyl (C=O) groups is 2. The molecule has 0 bridgehead atoms. The van der Waals surface area contributed by atoms with E-state index in [0.29, 0.717) is 0 Å². The van der Waals surface area contributed by atoms with Gasteiger partial charge in [0.05, 0.1) is 11.9 Å². The highest BCUT2D eigenvalue weighted by Crippen LogP contribution is 2.31. The number of carbonyl (C=O) groups excluding carboxylic acids is 2. The molecule has 19 heavy (non-hydrogen) atoms. The van der Waals surface area contributed by atoms with Gasteiger partial charge < -0.3 is 9.64 Å². The number of amides is 1. The minimum absolute atomic E-state index is 0.153. The zero-order valence-corrected chi connectivity index (χ0v) is 11.7. The van der Waals surface area contributed by atoms with Gasteiger partial charge in [0.1, 0.15) is 0 Å². The third-order valence-electron chi connectivity index (χ3n) is 3.28. The Morgan fingerprint density at radius 1 is 1.16 bits per heavy atom. The highest BCUT2D eigenvalue weighted by Gasteiger charge is 2.41. The fraction of sp³-hybridized carbons (Fsp3) is 0.818. The molecule has 1 amide bonds. The van der Waals surface area contributed by atoms with Crippen LogP contribution in [0.2, 0.25) is 0 Å². The van der Waals surface area contributed by atoms with Gasteiger partial charge in [0.15, 0.2) is 0 Å². The van der Waals surface area contributed by atoms with Gasteiger partial charge in [0.25, 0.3) is 0 Å². The fourth-order valence-electron chi connectivity index (χ4n) is 2.04. The summed E-state index contributed by atoms with van der Waals surface area (Å²) in [5, 5.41) is -0.236. The molecule has 0 radical (unpaired) electrons. The van der Waals surface area contributed by atoms with Crippen LogP contribution < -0.4 is 0 Å². The van der Waals surface area contributed by atoms with Crippen LogP contribution in [0.25, 0.3) is 0 Å². The molecule has 108 valence electrons. The van der Waals surface area contributed by atoms with Crippen LogP contribution in [0.15, 0.2) is 0 Å². The molecule has 0 N–H and O–H groups in total. The molecule has 1 saturated carbocycles. The van der Waals surface area contributed by atoms with Gasteiger partial charge in [-0.1, -0.05) is 0 Å². The van der Waals surface area contributed by atoms with E-state index in [-0.39, 0.29) is 38.0 Å². The molecule has 2 fully saturated rings. The number of hydrogen-bond acceptors (Lipinski definition) is 5. The average molecular weight is 290 g/mol. The zero-order chi connectivity index (χ0) is 14.0. The van der Waals surface area contributed by atoms with E-state index in [9.17, 15) is 18.0 Å². The van der Waals surface area contributed by atoms with Gasteiger partial charge >= 0.3 is 11.9 Å². The molecule has 0 unspecified atom stereocenters. The topological polar surface area (TPSA) is 84.0 Å². The van der Waals surface area contributed by atoms with Gasteiger partial charge in [-0.05, 0) is 19.8 Å². The standard InChI is InChI=1S/C11H18N2O5S/c1-2-18-11(15)10(14)12-5-7-13(8-6-12)19(16,17)9-3-4-9/h9H,2-8H2,1H3. The molecular weight excluding hydrogens is 272 g/mol. The first-order valence-corrected chi connectivity index (χ1v) is 7.92. The Morgan fingerprint density at radius 3 is 2.21 bits per heavy atom. The molecular formula is C11H18N2O5S. The fourth-order valence-corrected chi connectivity index (χ4v) is 3.87. The number of rotatable bonds is 3. The first-order chi connectivity index (χ1) is 8.96. The van der Waals surface area contributed by atoms with Crippen LogP contribution in [0.1, 0.15) is 19.8 Å². The average Bonchev–Trinajstić information content (AvgIpc) is 3.23. The highest BCUT2D eigenvalue weighted by atomic mass is 32.2. The lowest BCUT2D eigenvalue weighted by atomic mass is 10.3. The molecule has 0 aromatic carbocycles. The Morgan fingerprint density at radius 2 is 1.74 bits per heavy atom. The van der Waals surface area contributed by atoms with E-state index in [1.807, 2.05) is 0 Å². The van der Waals surface area contributed by atoms with Crippen LogP contribution in [-0.2, 0) is 24.3 Å². The van der Waals surface area contributed by atoms with Crippen molar-refractivity contribution in [1.82, 2.24) is 9.21 Å². The third-order valence-corrected chi connectivity index (χ3v) is 5.68. The summed E-state index contributed by atoms with van der Waals surface area (Å²) in [5.74, 6) is -1.56. The second-order valence-corrected chi connectivity index (χ2v) is 6.87. The van der Waals surface area contributed by atoms with Gasteiger partial charge in [0.2, 0.25) is 10.0 Å². The van der Waals surface area contributed by atoms with Crippen LogP contribution in [0.4, 0.5) is 0 Å². The predicted octanol–water partition coefficient (Wildman–Crippen LogP) is -0.814. The molecule has 0 aromatic heterocycles. The molecule has 1 aliphatic heterocycles. The highest BCUT2D eigenvalue weighted by molar-refractivity contribution is 7.90. The number of piperazine rings is 1. The molecule has 2 rings (SSSR count). The number of hydrogen-bond donors (Lipinski definition) is 0. The molecule has 1 aliphatic carbocycles. The summed E-state index contributed by atoms with van der Waals surface area (Å²) in [6.45, 7) is 2.77. The molecule has 8 heteroatoms. The Bertz CT molecular complexity index is 463. The largest absolute Gasteiger partial charge is 0.459 e. The maximum atomic E-state index is 12.0. The lowest BCUT2D eigenvalue weighted by Gasteiger charge is -2.33. The van der Waals surface area contributed by atoms with Crippen molar-refractivity contribution in [1.29, 1.82) is 0 Å². The molecule has 0 atom stereocenters. The minimum atomic E-state index is -3.19. The van der Waals surface area contributed by atoms with Crippen molar-refractivity contribution in [2.45, 2.75) is 25.0 Å². The molecule has 0 spiro atoms. The first-order valence-electron chi connectivity index (χ1n) is 6.41. The van der Waals surface area contributed by atoms with E-state index in [1.54, 1.807) is 6.92 Å². The number of nitrogens with zero attached hydrogens (tertiary/aromatic N) is 2. The second-order valence-electron chi connectivity index (χ2n) is 4.66. The summed E-state index contributed by atoms with van der Waals surface area (Å²) >= 11 is 0. The Labute approximate surface area is 112 Å². The van der Waals surface area contributed by atoms with Gasteiger partial charge in [0, 0.05) is 26.2 Å². The lowest BCUT2D eigenvalue weighted by molar-refractivity contribution is -0.160. The van der Waals surface area contributed by atoms with Crippen molar-refractivity contribution in [2.24, 2.45) is 0 Å². The van der Waals surface area contributed by atoms with Gasteiger partial charge in [-0.3, -0.25) is 4.79 Å². The maximum absolute atomic E-state index is 12.0. The normalized spacial score (nSPS) is 21.2. The quantitative estimate of drug-likeness (QED) is 0.501. The molecule has 1 saturated heterocycles. The lowest BCUT2D eigenvalue weighted by Crippen LogP contribution is -2.52. The first kappa shape index (κ1) is 14.3. The van der Waals surface area contributed by atoms with Crippen LogP contribution in [0, 0.1) is 0 Å². The second kappa shape index (κ2) is 5.46. The maximum Gasteiger partial charge on any atom is 0.397 e. The summed E-state index contributed by atoms with van der Waals surface area (Å²) in [4.78, 5) is 24.3. The number of esters is 1. The Balaban J connectivity index is 1.89. The van der Waals surface area contributed by atoms with Crippen molar-refractivity contribution in [3.05, 3.63) is 0 Å². The summed E-state index contributed by atoms with van der Waals surface area (Å²) in [6, 6.07) is 0. The van der Waals surface area contributed by atoms with Gasteiger partial charge in [-0.15, -0.1) is 0 Å². The van der Waals surface area contributed by atoms with Crippen LogP contribution in [0.5, 0.6) is 0 Å². The molecule has 0 aromatic rings. The SMILES string of the molecule is CCOC(=O)C(=O)N1CCN(S(=O)(=O)C2CC2)CC1. The summed E-state index contributed by atoms with van der Waals surface area (Å²) < 4.78 is 30.0. The van der Waals surface area contributed by atoms with Crippen molar-refractivity contribution >= 4 is 21.9 Å². The van der Waals surface area contributed by atoms with E-state index >= 15 is 0 Å². The molecule has 7 nitrogen and oxygen atoms in total. The van der Waals surface area contributed by atoms with E-state index in [4.69, 9.17) is 0 Å². The van der Waals surface area contributed by atoms with Crippen LogP contribution in [0.3, 0.4) is 0 Å². The van der Waals surface area contributed by atoms with Crippen molar-refractivity contribution < 1.29 is 22.7 Å². The minimum Gasteiger partial charge on any atom is -0.459 e. The van der Waals surface area contributed by atoms with Gasteiger partial charge in [-0.25, -0.2) is 13.2 Å². The van der Waals surface area contributed by atoms with E-state index < -0.39 is 21.9 Å². The van der Waals surface area contributed by atoms with Crippen molar-refractivity contribution in [3.8, 4) is 0 Å². The van der Waals surface area contributed by atoms with E-state index in [1.165, 1.54) is 9.21 Å². The Kier molecular flexibility index (Phi) is 4.10. The van der Waals surface area contributed by atoms with Gasteiger partial charge in [-0.2, -0.15) is 4.31 Å². The number of sulfonamides is 1. The zero-order valence-electron chi connectivity index (χ0n) is 10.9. The Hall–Kier alpha value is -1.15. The predicted molar refractivity (Wildman–Crippen MR) is 66.7 cm³/mol. The van der Waals surface area contributed by atoms with E-state index in [2.05, 4.69) is 4.74 Å². The monoisotopic (exact) mass is 290 g/mol. The summed E-state index contributed by atoms with van der Waals surface area (Å²) in [7, 11) is -3.19. The van der Waals surface area contributed by atoms with Crippen molar-refractivity contribution in [3.63, 3.8) is 0 Å². The van der Waals surface area contributed by atoms with E-state index in [0.717, 1.165) is 12.8 Å². The third kappa shape index (κ3) is 3.06. The van der Waals surface area contributed by atoms with Crippen LogP contribution >= 0.6 is 0 Å². The molecule has 2 aliphatic rings. The van der Waals surface area contributed by atoms with Crippen LogP contribution in [-0.4, -0.2) is 67.5 Å². The molecule has 1 heterocycles. The summed E-state index contributed by atoms with van der Waals surface area (Å²) in [6.07, 6.45) is 1.45. The summed E-state index contributed by atoms with van der Waals surface area (Å²) in [5.41, 5.74) is 0. The smallest absolute Gasteiger partial charge is 0.397 e.